The van der Waals surface area contributed by atoms with Gasteiger partial charge in [0, 0.05) is 12.2 Å². The van der Waals surface area contributed by atoms with Gasteiger partial charge in [0.05, 0.1) is 6.04 Å². The lowest BCUT2D eigenvalue weighted by Gasteiger charge is -2.06. The van der Waals surface area contributed by atoms with E-state index in [0.717, 1.165) is 5.56 Å². The quantitative estimate of drug-likeness (QED) is 0.547. The van der Waals surface area contributed by atoms with Gasteiger partial charge in [0.1, 0.15) is 0 Å². The Hall–Kier alpha value is -2.67. The minimum atomic E-state index is -1.26. The van der Waals surface area contributed by atoms with Crippen molar-refractivity contribution in [2.45, 2.75) is 12.5 Å². The Morgan fingerprint density at radius 1 is 1.05 bits per heavy atom. The van der Waals surface area contributed by atoms with Crippen molar-refractivity contribution in [2.75, 3.05) is 0 Å². The number of carboxylic acid groups (broad SMARTS) is 2. The molecule has 20 heavy (non-hydrogen) atoms. The number of rotatable bonds is 5. The Morgan fingerprint density at radius 3 is 1.85 bits per heavy atom. The molecule has 0 aliphatic rings. The monoisotopic (exact) mass is 280 g/mol. The van der Waals surface area contributed by atoms with Crippen molar-refractivity contribution >= 4 is 17.8 Å². The molecular weight excluding hydrogens is 264 g/mol. The molecule has 0 bridgehead atoms. The van der Waals surface area contributed by atoms with Crippen LogP contribution in [0.2, 0.25) is 0 Å². The summed E-state index contributed by atoms with van der Waals surface area (Å²) in [6.45, 7) is 0. The van der Waals surface area contributed by atoms with Gasteiger partial charge in [-0.15, -0.1) is 0 Å². The van der Waals surface area contributed by atoms with Crippen LogP contribution in [0.1, 0.15) is 5.56 Å². The smallest absolute Gasteiger partial charge is 0.328 e. The maximum Gasteiger partial charge on any atom is 0.328 e. The molecule has 1 unspecified atom stereocenters. The van der Waals surface area contributed by atoms with Crippen molar-refractivity contribution in [3.05, 3.63) is 48.0 Å². The van der Waals surface area contributed by atoms with Gasteiger partial charge >= 0.3 is 11.9 Å². The van der Waals surface area contributed by atoms with E-state index in [1.54, 1.807) is 0 Å². The highest BCUT2D eigenvalue weighted by molar-refractivity contribution is 5.89. The molecule has 0 aromatic heterocycles. The van der Waals surface area contributed by atoms with Crippen molar-refractivity contribution in [2.24, 2.45) is 11.5 Å². The molecule has 7 heteroatoms. The number of nitrogens with two attached hydrogens (primary N) is 2. The number of carbonyl (C=O) groups is 3. The highest BCUT2D eigenvalue weighted by Crippen LogP contribution is 2.00. The first-order chi connectivity index (χ1) is 9.32. The predicted octanol–water partition coefficient (Wildman–Crippen LogP) is -0.246. The van der Waals surface area contributed by atoms with Gasteiger partial charge < -0.3 is 21.7 Å². The lowest BCUT2D eigenvalue weighted by molar-refractivity contribution is -0.134. The van der Waals surface area contributed by atoms with Gasteiger partial charge in [-0.25, -0.2) is 9.59 Å². The molecule has 0 fully saturated rings. The molecule has 1 aromatic rings. The average Bonchev–Trinajstić information content (AvgIpc) is 2.38. The van der Waals surface area contributed by atoms with Crippen LogP contribution in [0.4, 0.5) is 0 Å². The van der Waals surface area contributed by atoms with Crippen molar-refractivity contribution in [1.29, 1.82) is 0 Å². The minimum absolute atomic E-state index is 0.459. The van der Waals surface area contributed by atoms with Gasteiger partial charge in [-0.05, 0) is 12.0 Å². The molecule has 1 atom stereocenters. The van der Waals surface area contributed by atoms with Crippen molar-refractivity contribution in [3.63, 3.8) is 0 Å². The SMILES string of the molecule is NC(=O)C(N)Cc1ccccc1.O=C(O)/C=C/C(=O)O. The van der Waals surface area contributed by atoms with Crippen molar-refractivity contribution in [1.82, 2.24) is 0 Å². The molecule has 0 saturated carbocycles. The number of carboxylic acids is 2. The topological polar surface area (TPSA) is 144 Å². The van der Waals surface area contributed by atoms with Crippen molar-refractivity contribution < 1.29 is 24.6 Å². The fourth-order valence-corrected chi connectivity index (χ4v) is 1.11. The molecule has 1 rings (SSSR count). The number of primary amides is 1. The highest BCUT2D eigenvalue weighted by Gasteiger charge is 2.08. The second-order valence-electron chi connectivity index (χ2n) is 3.71. The van der Waals surface area contributed by atoms with E-state index in [1.807, 2.05) is 30.3 Å². The zero-order chi connectivity index (χ0) is 15.5. The molecule has 0 radical (unpaired) electrons. The van der Waals surface area contributed by atoms with E-state index in [-0.39, 0.29) is 0 Å². The van der Waals surface area contributed by atoms with Gasteiger partial charge in [-0.3, -0.25) is 4.79 Å². The number of carbonyl (C=O) groups excluding carboxylic acids is 1. The van der Waals surface area contributed by atoms with E-state index in [9.17, 15) is 14.4 Å². The van der Waals surface area contributed by atoms with Crippen LogP contribution in [0, 0.1) is 0 Å². The number of hydrogen-bond acceptors (Lipinski definition) is 4. The molecule has 0 saturated heterocycles. The first-order valence-corrected chi connectivity index (χ1v) is 5.55. The van der Waals surface area contributed by atoms with Gasteiger partial charge in [-0.1, -0.05) is 30.3 Å². The third-order valence-electron chi connectivity index (χ3n) is 2.03. The number of benzene rings is 1. The predicted molar refractivity (Wildman–Crippen MR) is 71.7 cm³/mol. The van der Waals surface area contributed by atoms with Crippen LogP contribution in [0.25, 0.3) is 0 Å². The van der Waals surface area contributed by atoms with Gasteiger partial charge in [0.15, 0.2) is 0 Å². The van der Waals surface area contributed by atoms with E-state index in [0.29, 0.717) is 18.6 Å². The first-order valence-electron chi connectivity index (χ1n) is 5.55. The van der Waals surface area contributed by atoms with E-state index in [1.165, 1.54) is 0 Å². The Labute approximate surface area is 115 Å². The molecule has 1 aromatic carbocycles. The summed E-state index contributed by atoms with van der Waals surface area (Å²) in [6.07, 6.45) is 1.63. The second kappa shape index (κ2) is 9.29. The Balaban J connectivity index is 0.000000396. The Kier molecular flexibility index (Phi) is 8.05. The number of aliphatic carboxylic acids is 2. The molecule has 0 aliphatic heterocycles. The van der Waals surface area contributed by atoms with E-state index in [2.05, 4.69) is 0 Å². The minimum Gasteiger partial charge on any atom is -0.478 e. The summed E-state index contributed by atoms with van der Waals surface area (Å²) in [4.78, 5) is 29.7. The molecule has 108 valence electrons. The number of hydrogen-bond donors (Lipinski definition) is 4. The zero-order valence-corrected chi connectivity index (χ0v) is 10.6. The van der Waals surface area contributed by atoms with E-state index < -0.39 is 23.9 Å². The third kappa shape index (κ3) is 9.37. The summed E-state index contributed by atoms with van der Waals surface area (Å²) < 4.78 is 0. The summed E-state index contributed by atoms with van der Waals surface area (Å²) in [6, 6.07) is 8.99. The summed E-state index contributed by atoms with van der Waals surface area (Å²) >= 11 is 0. The maximum absolute atomic E-state index is 10.6. The van der Waals surface area contributed by atoms with E-state index in [4.69, 9.17) is 21.7 Å². The highest BCUT2D eigenvalue weighted by atomic mass is 16.4. The van der Waals surface area contributed by atoms with Gasteiger partial charge in [-0.2, -0.15) is 0 Å². The van der Waals surface area contributed by atoms with Crippen LogP contribution < -0.4 is 11.5 Å². The number of amides is 1. The molecule has 1 amide bonds. The Morgan fingerprint density at radius 2 is 1.50 bits per heavy atom. The van der Waals surface area contributed by atoms with Crippen LogP contribution in [0.15, 0.2) is 42.5 Å². The molecule has 7 nitrogen and oxygen atoms in total. The van der Waals surface area contributed by atoms with E-state index >= 15 is 0 Å². The molecule has 0 spiro atoms. The van der Waals surface area contributed by atoms with Crippen LogP contribution in [-0.2, 0) is 20.8 Å². The lowest BCUT2D eigenvalue weighted by atomic mass is 10.1. The van der Waals surface area contributed by atoms with Crippen LogP contribution in [0.5, 0.6) is 0 Å². The van der Waals surface area contributed by atoms with Gasteiger partial charge in [0.25, 0.3) is 0 Å². The zero-order valence-electron chi connectivity index (χ0n) is 10.6. The van der Waals surface area contributed by atoms with Crippen LogP contribution in [0.3, 0.4) is 0 Å². The normalized spacial score (nSPS) is 11.2. The standard InChI is InChI=1S/C9H12N2O.C4H4O4/c10-8(9(11)12)6-7-4-2-1-3-5-7;5-3(6)1-2-4(7)8/h1-5,8H,6,10H2,(H2,11,12);1-2H,(H,5,6)(H,7,8)/b;2-1+. The summed E-state index contributed by atoms with van der Waals surface area (Å²) in [5.41, 5.74) is 11.5. The van der Waals surface area contributed by atoms with Gasteiger partial charge in [0.2, 0.25) is 5.91 Å². The fraction of sp³-hybridized carbons (Fsp3) is 0.154. The second-order valence-corrected chi connectivity index (χ2v) is 3.71. The van der Waals surface area contributed by atoms with Crippen molar-refractivity contribution in [3.8, 4) is 0 Å². The summed E-state index contributed by atoms with van der Waals surface area (Å²) in [5, 5.41) is 15.6. The largest absolute Gasteiger partial charge is 0.478 e. The van der Waals surface area contributed by atoms with Crippen LogP contribution >= 0.6 is 0 Å². The fourth-order valence-electron chi connectivity index (χ4n) is 1.11. The van der Waals surface area contributed by atoms with Crippen LogP contribution in [-0.4, -0.2) is 34.1 Å². The average molecular weight is 280 g/mol. The molecule has 0 heterocycles. The first kappa shape index (κ1) is 17.3. The molecule has 6 N–H and O–H groups in total. The maximum atomic E-state index is 10.6. The molecular formula is C13H16N2O5. The third-order valence-corrected chi connectivity index (χ3v) is 2.03. The summed E-state index contributed by atoms with van der Waals surface area (Å²) in [5.74, 6) is -2.97. The molecule has 0 aliphatic carbocycles. The Bertz CT molecular complexity index is 469. The summed E-state index contributed by atoms with van der Waals surface area (Å²) in [7, 11) is 0. The lowest BCUT2D eigenvalue weighted by Crippen LogP contribution is -2.38.